The summed E-state index contributed by atoms with van der Waals surface area (Å²) < 4.78 is 0. The number of benzene rings is 1. The Bertz CT molecular complexity index is 597. The summed E-state index contributed by atoms with van der Waals surface area (Å²) in [7, 11) is 0. The molecule has 2 amide bonds. The largest absolute Gasteiger partial charge is 0.339 e. The third-order valence-corrected chi connectivity index (χ3v) is 3.71. The second kappa shape index (κ2) is 6.09. The Morgan fingerprint density at radius 1 is 1.19 bits per heavy atom. The molecule has 0 spiro atoms. The van der Waals surface area contributed by atoms with Crippen LogP contribution < -0.4 is 0 Å². The van der Waals surface area contributed by atoms with Crippen molar-refractivity contribution in [3.05, 3.63) is 38.9 Å². The zero-order chi connectivity index (χ0) is 15.6. The van der Waals surface area contributed by atoms with Crippen LogP contribution in [0.4, 0.5) is 5.69 Å². The Morgan fingerprint density at radius 3 is 2.24 bits per heavy atom. The van der Waals surface area contributed by atoms with Crippen molar-refractivity contribution in [2.24, 2.45) is 0 Å². The normalized spacial score (nSPS) is 15.0. The number of hydrogen-bond donors (Lipinski definition) is 0. The molecular weight excluding hydrogens is 298 g/mol. The highest BCUT2D eigenvalue weighted by atomic mass is 35.5. The van der Waals surface area contributed by atoms with Crippen molar-refractivity contribution < 1.29 is 14.5 Å². The second-order valence-corrected chi connectivity index (χ2v) is 5.13. The van der Waals surface area contributed by atoms with Gasteiger partial charge in [-0.3, -0.25) is 19.7 Å². The predicted octanol–water partition coefficient (Wildman–Crippen LogP) is 1.55. The van der Waals surface area contributed by atoms with Crippen LogP contribution in [0.15, 0.2) is 18.2 Å². The molecule has 0 radical (unpaired) electrons. The number of piperazine rings is 1. The fraction of sp³-hybridized carbons (Fsp3) is 0.385. The van der Waals surface area contributed by atoms with Crippen LogP contribution in [0.2, 0.25) is 5.02 Å². The molecular formula is C13H14ClN3O4. The van der Waals surface area contributed by atoms with Gasteiger partial charge in [-0.15, -0.1) is 0 Å². The van der Waals surface area contributed by atoms with Gasteiger partial charge in [-0.25, -0.2) is 0 Å². The van der Waals surface area contributed by atoms with Crippen molar-refractivity contribution in [1.82, 2.24) is 9.80 Å². The summed E-state index contributed by atoms with van der Waals surface area (Å²) in [6, 6.07) is 3.92. The Hall–Kier alpha value is -2.15. The highest BCUT2D eigenvalue weighted by Gasteiger charge is 2.24. The van der Waals surface area contributed by atoms with Crippen molar-refractivity contribution in [1.29, 1.82) is 0 Å². The van der Waals surface area contributed by atoms with E-state index in [0.29, 0.717) is 31.7 Å². The van der Waals surface area contributed by atoms with E-state index in [0.717, 1.165) is 0 Å². The molecule has 1 aliphatic rings. The van der Waals surface area contributed by atoms with Crippen LogP contribution in [0.25, 0.3) is 0 Å². The lowest BCUT2D eigenvalue weighted by Crippen LogP contribution is -2.50. The molecule has 0 atom stereocenters. The van der Waals surface area contributed by atoms with Crippen LogP contribution >= 0.6 is 11.6 Å². The van der Waals surface area contributed by atoms with Gasteiger partial charge < -0.3 is 9.80 Å². The number of hydrogen-bond acceptors (Lipinski definition) is 4. The molecule has 7 nitrogen and oxygen atoms in total. The maximum atomic E-state index is 12.3. The molecule has 0 N–H and O–H groups in total. The fourth-order valence-corrected chi connectivity index (χ4v) is 2.44. The SMILES string of the molecule is CC(=O)N1CCN(C(=O)c2ccc([N+](=O)[O-])c(Cl)c2)CC1. The average Bonchev–Trinajstić information content (AvgIpc) is 2.46. The standard InChI is InChI=1S/C13H14ClN3O4/c1-9(18)15-4-6-16(7-5-15)13(19)10-2-3-12(17(20)21)11(14)8-10/h2-3,8H,4-7H2,1H3. The molecule has 8 heteroatoms. The molecule has 2 rings (SSSR count). The van der Waals surface area contributed by atoms with Gasteiger partial charge in [-0.1, -0.05) is 11.6 Å². The maximum absolute atomic E-state index is 12.3. The molecule has 0 aliphatic carbocycles. The van der Waals surface area contributed by atoms with E-state index >= 15 is 0 Å². The average molecular weight is 312 g/mol. The maximum Gasteiger partial charge on any atom is 0.287 e. The van der Waals surface area contributed by atoms with Gasteiger partial charge >= 0.3 is 0 Å². The van der Waals surface area contributed by atoms with Crippen LogP contribution in [0.5, 0.6) is 0 Å². The number of nitrogens with zero attached hydrogens (tertiary/aromatic N) is 3. The summed E-state index contributed by atoms with van der Waals surface area (Å²) in [6.45, 7) is 3.34. The van der Waals surface area contributed by atoms with E-state index < -0.39 is 4.92 Å². The lowest BCUT2D eigenvalue weighted by molar-refractivity contribution is -0.384. The van der Waals surface area contributed by atoms with Gasteiger partial charge in [-0.2, -0.15) is 0 Å². The van der Waals surface area contributed by atoms with E-state index in [1.165, 1.54) is 25.1 Å². The van der Waals surface area contributed by atoms with Crippen molar-refractivity contribution in [2.75, 3.05) is 26.2 Å². The van der Waals surface area contributed by atoms with Gasteiger partial charge in [0.1, 0.15) is 5.02 Å². The van der Waals surface area contributed by atoms with Crippen LogP contribution in [-0.4, -0.2) is 52.7 Å². The molecule has 1 aromatic carbocycles. The number of nitro benzene ring substituents is 1. The molecule has 1 aromatic rings. The molecule has 1 fully saturated rings. The first-order valence-corrected chi connectivity index (χ1v) is 6.76. The molecule has 0 bridgehead atoms. The van der Waals surface area contributed by atoms with Gasteiger partial charge in [0.25, 0.3) is 11.6 Å². The van der Waals surface area contributed by atoms with Crippen molar-refractivity contribution >= 4 is 29.1 Å². The molecule has 21 heavy (non-hydrogen) atoms. The smallest absolute Gasteiger partial charge is 0.287 e. The van der Waals surface area contributed by atoms with Crippen LogP contribution in [0.1, 0.15) is 17.3 Å². The quantitative estimate of drug-likeness (QED) is 0.613. The predicted molar refractivity (Wildman–Crippen MR) is 76.3 cm³/mol. The molecule has 112 valence electrons. The minimum Gasteiger partial charge on any atom is -0.339 e. The van der Waals surface area contributed by atoms with E-state index in [2.05, 4.69) is 0 Å². The highest BCUT2D eigenvalue weighted by molar-refractivity contribution is 6.33. The van der Waals surface area contributed by atoms with Crippen molar-refractivity contribution in [2.45, 2.75) is 6.92 Å². The Balaban J connectivity index is 2.09. The third-order valence-electron chi connectivity index (χ3n) is 3.40. The molecule has 0 saturated carbocycles. The van der Waals surface area contributed by atoms with Gasteiger partial charge in [0.05, 0.1) is 4.92 Å². The van der Waals surface area contributed by atoms with E-state index in [1.54, 1.807) is 9.80 Å². The number of halogens is 1. The fourth-order valence-electron chi connectivity index (χ4n) is 2.20. The minimum atomic E-state index is -0.595. The second-order valence-electron chi connectivity index (χ2n) is 4.72. The topological polar surface area (TPSA) is 83.8 Å². The number of carbonyl (C=O) groups is 2. The summed E-state index contributed by atoms with van der Waals surface area (Å²) in [4.78, 5) is 36.9. The van der Waals surface area contributed by atoms with Gasteiger partial charge in [0.2, 0.25) is 5.91 Å². The Kier molecular flexibility index (Phi) is 4.42. The lowest BCUT2D eigenvalue weighted by Gasteiger charge is -2.34. The van der Waals surface area contributed by atoms with E-state index in [-0.39, 0.29) is 22.5 Å². The van der Waals surface area contributed by atoms with Crippen molar-refractivity contribution in [3.8, 4) is 0 Å². The zero-order valence-electron chi connectivity index (χ0n) is 11.4. The molecule has 1 heterocycles. The van der Waals surface area contributed by atoms with E-state index in [4.69, 9.17) is 11.6 Å². The lowest BCUT2D eigenvalue weighted by atomic mass is 10.1. The zero-order valence-corrected chi connectivity index (χ0v) is 12.2. The first-order chi connectivity index (χ1) is 9.90. The number of carbonyl (C=O) groups excluding carboxylic acids is 2. The first kappa shape index (κ1) is 15.2. The monoisotopic (exact) mass is 311 g/mol. The summed E-state index contributed by atoms with van der Waals surface area (Å²) >= 11 is 5.81. The van der Waals surface area contributed by atoms with Gasteiger partial charge in [-0.05, 0) is 12.1 Å². The molecule has 0 aromatic heterocycles. The highest BCUT2D eigenvalue weighted by Crippen LogP contribution is 2.25. The summed E-state index contributed by atoms with van der Waals surface area (Å²) in [6.07, 6.45) is 0. The number of amides is 2. The van der Waals surface area contributed by atoms with Crippen LogP contribution in [0.3, 0.4) is 0 Å². The Labute approximate surface area is 126 Å². The Morgan fingerprint density at radius 2 is 1.76 bits per heavy atom. The molecule has 1 saturated heterocycles. The molecule has 0 unspecified atom stereocenters. The number of rotatable bonds is 2. The van der Waals surface area contributed by atoms with Crippen molar-refractivity contribution in [3.63, 3.8) is 0 Å². The summed E-state index contributed by atoms with van der Waals surface area (Å²) in [5, 5.41) is 10.6. The van der Waals surface area contributed by atoms with Crippen LogP contribution in [-0.2, 0) is 4.79 Å². The van der Waals surface area contributed by atoms with Gasteiger partial charge in [0.15, 0.2) is 0 Å². The summed E-state index contributed by atoms with van der Waals surface area (Å²) in [5.74, 6) is -0.254. The minimum absolute atomic E-state index is 0.0134. The molecule has 1 aliphatic heterocycles. The first-order valence-electron chi connectivity index (χ1n) is 6.39. The summed E-state index contributed by atoms with van der Waals surface area (Å²) in [5.41, 5.74) is 0.0801. The van der Waals surface area contributed by atoms with Crippen LogP contribution in [0, 0.1) is 10.1 Å². The van der Waals surface area contributed by atoms with E-state index in [9.17, 15) is 19.7 Å². The van der Waals surface area contributed by atoms with Gasteiger partial charge in [0, 0.05) is 44.7 Å². The third kappa shape index (κ3) is 3.30. The number of nitro groups is 1. The van der Waals surface area contributed by atoms with E-state index in [1.807, 2.05) is 0 Å².